The molecule has 0 spiro atoms. The third-order valence-electron chi connectivity index (χ3n) is 5.22. The summed E-state index contributed by atoms with van der Waals surface area (Å²) in [4.78, 5) is 11.9. The molecule has 0 saturated carbocycles. The van der Waals surface area contributed by atoms with Gasteiger partial charge in [-0.1, -0.05) is 4.40 Å². The highest BCUT2D eigenvalue weighted by Gasteiger charge is 2.27. The van der Waals surface area contributed by atoms with Crippen LogP contribution in [0.1, 0.15) is 58.1 Å². The van der Waals surface area contributed by atoms with Gasteiger partial charge in [0, 0.05) is 24.0 Å². The van der Waals surface area contributed by atoms with Crippen LogP contribution in [0.2, 0.25) is 0 Å². The standard InChI is InChI=1S/C21H28N6OS/c1-14-11-16(15(2)25-29(28)21(3,4)5)18-17(12-14)19-22-13-23-27(19)20(24-18)26-9-7-6-8-10-26/h11-13H,6-10H2,1-5H3. The Kier molecular flexibility index (Phi) is 5.25. The van der Waals surface area contributed by atoms with Crippen LogP contribution in [0, 0.1) is 6.92 Å². The van der Waals surface area contributed by atoms with Crippen molar-refractivity contribution in [2.24, 2.45) is 4.40 Å². The molecule has 1 aliphatic heterocycles. The predicted molar refractivity (Wildman–Crippen MR) is 119 cm³/mol. The molecule has 0 aliphatic carbocycles. The highest BCUT2D eigenvalue weighted by atomic mass is 32.2. The highest BCUT2D eigenvalue weighted by Crippen LogP contribution is 2.29. The summed E-state index contributed by atoms with van der Waals surface area (Å²) >= 11 is -1.33. The molecule has 1 saturated heterocycles. The van der Waals surface area contributed by atoms with Crippen molar-refractivity contribution in [1.29, 1.82) is 0 Å². The van der Waals surface area contributed by atoms with E-state index in [9.17, 15) is 4.55 Å². The lowest BCUT2D eigenvalue weighted by Crippen LogP contribution is -2.32. The van der Waals surface area contributed by atoms with Crippen molar-refractivity contribution in [3.63, 3.8) is 0 Å². The van der Waals surface area contributed by atoms with Crippen molar-refractivity contribution in [1.82, 2.24) is 19.6 Å². The largest absolute Gasteiger partial charge is 0.591 e. The third kappa shape index (κ3) is 3.83. The molecule has 1 atom stereocenters. The van der Waals surface area contributed by atoms with Gasteiger partial charge in [0.15, 0.2) is 5.65 Å². The highest BCUT2D eigenvalue weighted by molar-refractivity contribution is 7.91. The fourth-order valence-corrected chi connectivity index (χ4v) is 4.29. The summed E-state index contributed by atoms with van der Waals surface area (Å²) in [6.07, 6.45) is 5.14. The number of fused-ring (bicyclic) bond motifs is 3. The molecule has 0 N–H and O–H groups in total. The minimum absolute atomic E-state index is 0.409. The normalized spacial score (nSPS) is 17.3. The second-order valence-corrected chi connectivity index (χ2v) is 10.6. The number of hydrogen-bond acceptors (Lipinski definition) is 6. The van der Waals surface area contributed by atoms with Gasteiger partial charge in [-0.3, -0.25) is 0 Å². The molecular weight excluding hydrogens is 384 g/mol. The summed E-state index contributed by atoms with van der Waals surface area (Å²) in [6, 6.07) is 4.16. The van der Waals surface area contributed by atoms with Gasteiger partial charge in [-0.25, -0.2) is 9.97 Å². The van der Waals surface area contributed by atoms with E-state index in [1.165, 1.54) is 6.42 Å². The topological polar surface area (TPSA) is 81.7 Å². The zero-order valence-corrected chi connectivity index (χ0v) is 18.6. The van der Waals surface area contributed by atoms with Gasteiger partial charge in [-0.05, 0) is 71.6 Å². The molecule has 0 bridgehead atoms. The zero-order chi connectivity index (χ0) is 20.8. The Labute approximate surface area is 174 Å². The Morgan fingerprint density at radius 1 is 1.17 bits per heavy atom. The molecule has 2 aromatic heterocycles. The van der Waals surface area contributed by atoms with Crippen LogP contribution in [0.5, 0.6) is 0 Å². The first-order valence-electron chi connectivity index (χ1n) is 10.1. The van der Waals surface area contributed by atoms with Crippen molar-refractivity contribution in [2.45, 2.75) is 58.6 Å². The smallest absolute Gasteiger partial charge is 0.229 e. The monoisotopic (exact) mass is 412 g/mol. The van der Waals surface area contributed by atoms with Gasteiger partial charge >= 0.3 is 0 Å². The lowest BCUT2D eigenvalue weighted by Gasteiger charge is -2.28. The maximum atomic E-state index is 12.6. The first kappa shape index (κ1) is 20.1. The molecule has 7 nitrogen and oxygen atoms in total. The van der Waals surface area contributed by atoms with Crippen LogP contribution in [0.3, 0.4) is 0 Å². The number of benzene rings is 1. The quantitative estimate of drug-likeness (QED) is 0.482. The fourth-order valence-electron chi connectivity index (χ4n) is 3.67. The van der Waals surface area contributed by atoms with Crippen molar-refractivity contribution >= 4 is 39.6 Å². The summed E-state index contributed by atoms with van der Waals surface area (Å²) < 4.78 is 18.6. The first-order chi connectivity index (χ1) is 13.8. The van der Waals surface area contributed by atoms with Crippen LogP contribution < -0.4 is 4.90 Å². The lowest BCUT2D eigenvalue weighted by atomic mass is 10.0. The molecule has 3 aromatic rings. The Balaban J connectivity index is 1.94. The average molecular weight is 413 g/mol. The summed E-state index contributed by atoms with van der Waals surface area (Å²) in [5.41, 5.74) is 4.35. The maximum absolute atomic E-state index is 12.6. The van der Waals surface area contributed by atoms with E-state index < -0.39 is 16.1 Å². The van der Waals surface area contributed by atoms with Crippen molar-refractivity contribution in [3.8, 4) is 0 Å². The van der Waals surface area contributed by atoms with E-state index in [1.807, 2.05) is 39.1 Å². The molecule has 1 fully saturated rings. The van der Waals surface area contributed by atoms with E-state index in [-0.39, 0.29) is 0 Å². The molecule has 1 aliphatic rings. The predicted octanol–water partition coefficient (Wildman–Crippen LogP) is 3.85. The number of rotatable bonds is 3. The minimum Gasteiger partial charge on any atom is -0.591 e. The van der Waals surface area contributed by atoms with E-state index >= 15 is 0 Å². The molecule has 0 radical (unpaired) electrons. The second kappa shape index (κ2) is 7.57. The van der Waals surface area contributed by atoms with Crippen LogP contribution >= 0.6 is 0 Å². The Morgan fingerprint density at radius 3 is 2.59 bits per heavy atom. The molecule has 8 heteroatoms. The molecule has 0 amide bonds. The Morgan fingerprint density at radius 2 is 1.90 bits per heavy atom. The van der Waals surface area contributed by atoms with Crippen LogP contribution in [-0.2, 0) is 11.4 Å². The van der Waals surface area contributed by atoms with E-state index in [2.05, 4.69) is 31.5 Å². The summed E-state index contributed by atoms with van der Waals surface area (Å²) in [5, 5.41) is 5.39. The van der Waals surface area contributed by atoms with Crippen LogP contribution in [-0.4, -0.2) is 47.7 Å². The van der Waals surface area contributed by atoms with Crippen molar-refractivity contribution in [3.05, 3.63) is 29.6 Å². The van der Waals surface area contributed by atoms with E-state index in [4.69, 9.17) is 4.98 Å². The summed E-state index contributed by atoms with van der Waals surface area (Å²) in [7, 11) is 0. The molecule has 154 valence electrons. The number of aryl methyl sites for hydroxylation is 1. The molecule has 1 aromatic carbocycles. The van der Waals surface area contributed by atoms with Gasteiger partial charge in [-0.15, -0.1) is 0 Å². The molecular formula is C21H28N6OS. The van der Waals surface area contributed by atoms with Crippen molar-refractivity contribution in [2.75, 3.05) is 18.0 Å². The molecule has 3 heterocycles. The SMILES string of the molecule is CC(=N[S+]([O-])C(C)(C)C)c1cc(C)cc2c1nc(N1CCCCC1)n1ncnc21. The first-order valence-corrected chi connectivity index (χ1v) is 11.2. The summed E-state index contributed by atoms with van der Waals surface area (Å²) in [5.74, 6) is 0.819. The number of anilines is 1. The molecule has 4 rings (SSSR count). The molecule has 1 unspecified atom stereocenters. The van der Waals surface area contributed by atoms with Gasteiger partial charge in [0.1, 0.15) is 22.4 Å². The van der Waals surface area contributed by atoms with Crippen molar-refractivity contribution < 1.29 is 4.55 Å². The van der Waals surface area contributed by atoms with Gasteiger partial charge in [-0.2, -0.15) is 9.61 Å². The second-order valence-electron chi connectivity index (χ2n) is 8.70. The van der Waals surface area contributed by atoms with E-state index in [0.717, 1.165) is 65.3 Å². The number of nitrogens with zero attached hydrogens (tertiary/aromatic N) is 6. The van der Waals surface area contributed by atoms with E-state index in [0.29, 0.717) is 0 Å². The maximum Gasteiger partial charge on any atom is 0.229 e. The number of aromatic nitrogens is 4. The Hall–Kier alpha value is -2.19. The minimum atomic E-state index is -1.33. The lowest BCUT2D eigenvalue weighted by molar-refractivity contribution is 0.561. The average Bonchev–Trinajstić information content (AvgIpc) is 3.17. The van der Waals surface area contributed by atoms with E-state index in [1.54, 1.807) is 6.33 Å². The van der Waals surface area contributed by atoms with Crippen LogP contribution in [0.4, 0.5) is 5.95 Å². The fraction of sp³-hybridized carbons (Fsp3) is 0.524. The third-order valence-corrected chi connectivity index (χ3v) is 6.70. The zero-order valence-electron chi connectivity index (χ0n) is 17.8. The Bertz CT molecular complexity index is 1080. The van der Waals surface area contributed by atoms with Gasteiger partial charge in [0.25, 0.3) is 0 Å². The van der Waals surface area contributed by atoms with Gasteiger partial charge < -0.3 is 9.45 Å². The van der Waals surface area contributed by atoms with Crippen LogP contribution in [0.15, 0.2) is 22.9 Å². The van der Waals surface area contributed by atoms with Crippen LogP contribution in [0.25, 0.3) is 16.6 Å². The van der Waals surface area contributed by atoms with Gasteiger partial charge in [0.2, 0.25) is 5.95 Å². The molecule has 29 heavy (non-hydrogen) atoms. The number of hydrogen-bond donors (Lipinski definition) is 0. The number of piperidine rings is 1. The summed E-state index contributed by atoms with van der Waals surface area (Å²) in [6.45, 7) is 11.7. The van der Waals surface area contributed by atoms with Gasteiger partial charge in [0.05, 0.1) is 11.2 Å².